The molecule has 1 radical (unpaired) electrons. The van der Waals surface area contributed by atoms with Gasteiger partial charge in [0.05, 0.1) is 27.9 Å². The first-order valence-electron chi connectivity index (χ1n) is 14.4. The third kappa shape index (κ3) is 3.81. The van der Waals surface area contributed by atoms with Gasteiger partial charge in [-0.05, 0) is 72.9 Å². The lowest BCUT2D eigenvalue weighted by Gasteiger charge is -2.38. The summed E-state index contributed by atoms with van der Waals surface area (Å²) in [6, 6.07) is 35.3. The van der Waals surface area contributed by atoms with E-state index in [2.05, 4.69) is 115 Å². The quantitative estimate of drug-likeness (QED) is 0.226. The summed E-state index contributed by atoms with van der Waals surface area (Å²) >= 11 is 0. The van der Waals surface area contributed by atoms with Gasteiger partial charge in [-0.3, -0.25) is 0 Å². The Kier molecular flexibility index (Phi) is 5.61. The molecule has 5 aromatic carbocycles. The van der Waals surface area contributed by atoms with Crippen molar-refractivity contribution in [2.24, 2.45) is 0 Å². The normalized spacial score (nSPS) is 14.5. The molecule has 0 amide bonds. The summed E-state index contributed by atoms with van der Waals surface area (Å²) in [6.45, 7) is 12.1. The van der Waals surface area contributed by atoms with Crippen molar-refractivity contribution in [2.45, 2.75) is 58.2 Å². The van der Waals surface area contributed by atoms with E-state index >= 15 is 0 Å². The summed E-state index contributed by atoms with van der Waals surface area (Å²) in [4.78, 5) is 0. The van der Waals surface area contributed by atoms with Crippen molar-refractivity contribution < 1.29 is 9.76 Å². The van der Waals surface area contributed by atoms with E-state index < -0.39 is 11.2 Å². The SMILES string of the molecule is CC1(C)c2cc([B]OC(C)(C)C(C)(C)O)ccc2-n2c3ccccc3c3ccc(-c4cccc5ccccc45)c1c32. The lowest BCUT2D eigenvalue weighted by molar-refractivity contribution is -0.0893. The predicted octanol–water partition coefficient (Wildman–Crippen LogP) is 8.05. The van der Waals surface area contributed by atoms with Gasteiger partial charge in [-0.25, -0.2) is 0 Å². The summed E-state index contributed by atoms with van der Waals surface area (Å²) in [6.07, 6.45) is 0. The Balaban J connectivity index is 1.50. The molecule has 6 aromatic rings. The molecule has 0 aliphatic carbocycles. The minimum absolute atomic E-state index is 0.291. The summed E-state index contributed by atoms with van der Waals surface area (Å²) < 4.78 is 8.64. The molecule has 0 spiro atoms. The molecule has 1 aromatic heterocycles. The highest BCUT2D eigenvalue weighted by Gasteiger charge is 2.39. The second kappa shape index (κ2) is 8.82. The first-order valence-corrected chi connectivity index (χ1v) is 14.4. The third-order valence-corrected chi connectivity index (χ3v) is 9.44. The van der Waals surface area contributed by atoms with Crippen molar-refractivity contribution in [3.8, 4) is 16.8 Å². The van der Waals surface area contributed by atoms with Gasteiger partial charge < -0.3 is 14.3 Å². The number of aliphatic hydroxyl groups is 1. The van der Waals surface area contributed by atoms with Crippen molar-refractivity contribution in [1.82, 2.24) is 4.57 Å². The topological polar surface area (TPSA) is 34.4 Å². The molecule has 0 atom stereocenters. The van der Waals surface area contributed by atoms with E-state index in [1.807, 2.05) is 13.8 Å². The Morgan fingerprint density at radius 1 is 0.732 bits per heavy atom. The first kappa shape index (κ1) is 26.1. The van der Waals surface area contributed by atoms with Gasteiger partial charge in [-0.1, -0.05) is 104 Å². The lowest BCUT2D eigenvalue weighted by atomic mass is 9.69. The maximum absolute atomic E-state index is 10.6. The van der Waals surface area contributed by atoms with E-state index in [4.69, 9.17) is 4.65 Å². The summed E-state index contributed by atoms with van der Waals surface area (Å²) in [5.74, 6) is 0. The van der Waals surface area contributed by atoms with Gasteiger partial charge in [0.2, 0.25) is 0 Å². The van der Waals surface area contributed by atoms with Crippen molar-refractivity contribution in [3.63, 3.8) is 0 Å². The van der Waals surface area contributed by atoms with Crippen LogP contribution in [-0.4, -0.2) is 28.4 Å². The molecule has 1 N–H and O–H groups in total. The fourth-order valence-corrected chi connectivity index (χ4v) is 6.44. The largest absolute Gasteiger partial charge is 0.427 e. The van der Waals surface area contributed by atoms with Gasteiger partial charge in [0, 0.05) is 16.2 Å². The fourth-order valence-electron chi connectivity index (χ4n) is 6.44. The standard InChI is InChI=1S/C37H35BNO2/c1-35(2)30-22-24(38-41-37(5,6)36(3,4)40)18-21-32(30)39-31-17-10-9-15-27(31)29-20-19-28(33(35)34(29)39)26-16-11-13-23-12-7-8-14-25(23)26/h7-22,40H,1-6H3. The molecule has 0 saturated carbocycles. The van der Waals surface area contributed by atoms with E-state index in [-0.39, 0.29) is 5.41 Å². The highest BCUT2D eigenvalue weighted by molar-refractivity contribution is 6.47. The molecule has 4 heteroatoms. The van der Waals surface area contributed by atoms with Crippen LogP contribution in [0.1, 0.15) is 52.7 Å². The molecular formula is C37H35BNO2. The molecule has 203 valence electrons. The van der Waals surface area contributed by atoms with Crippen LogP contribution < -0.4 is 5.46 Å². The van der Waals surface area contributed by atoms with Gasteiger partial charge in [0.1, 0.15) is 0 Å². The van der Waals surface area contributed by atoms with Crippen LogP contribution in [0, 0.1) is 0 Å². The van der Waals surface area contributed by atoms with Gasteiger partial charge in [-0.2, -0.15) is 0 Å². The van der Waals surface area contributed by atoms with Crippen molar-refractivity contribution >= 4 is 45.5 Å². The summed E-state index contributed by atoms with van der Waals surface area (Å²) in [7, 11) is 1.80. The van der Waals surface area contributed by atoms with Crippen LogP contribution in [0.2, 0.25) is 0 Å². The smallest absolute Gasteiger partial charge is 0.330 e. The van der Waals surface area contributed by atoms with Crippen LogP contribution in [0.4, 0.5) is 0 Å². The Labute approximate surface area is 242 Å². The van der Waals surface area contributed by atoms with E-state index in [1.54, 1.807) is 21.3 Å². The molecule has 3 nitrogen and oxygen atoms in total. The Bertz CT molecular complexity index is 1990. The Morgan fingerprint density at radius 3 is 2.22 bits per heavy atom. The zero-order chi connectivity index (χ0) is 28.7. The highest BCUT2D eigenvalue weighted by atomic mass is 16.5. The molecule has 1 aliphatic heterocycles. The number of hydrogen-bond acceptors (Lipinski definition) is 2. The monoisotopic (exact) mass is 536 g/mol. The zero-order valence-corrected chi connectivity index (χ0v) is 24.6. The molecule has 2 heterocycles. The van der Waals surface area contributed by atoms with Gasteiger partial charge in [0.25, 0.3) is 0 Å². The average Bonchev–Trinajstić information content (AvgIpc) is 3.28. The molecular weight excluding hydrogens is 501 g/mol. The van der Waals surface area contributed by atoms with Gasteiger partial charge in [0.15, 0.2) is 0 Å². The van der Waals surface area contributed by atoms with Crippen molar-refractivity contribution in [3.05, 3.63) is 108 Å². The van der Waals surface area contributed by atoms with Gasteiger partial charge >= 0.3 is 7.48 Å². The molecule has 0 saturated heterocycles. The van der Waals surface area contributed by atoms with Crippen LogP contribution in [-0.2, 0) is 10.1 Å². The second-order valence-corrected chi connectivity index (χ2v) is 13.0. The number of nitrogens with zero attached hydrogens (tertiary/aromatic N) is 1. The maximum Gasteiger partial charge on any atom is 0.330 e. The molecule has 7 rings (SSSR count). The first-order chi connectivity index (χ1) is 19.5. The number of aromatic nitrogens is 1. The van der Waals surface area contributed by atoms with E-state index in [0.29, 0.717) is 0 Å². The molecule has 0 bridgehead atoms. The molecule has 0 fully saturated rings. The van der Waals surface area contributed by atoms with E-state index in [1.165, 1.54) is 60.5 Å². The molecule has 0 unspecified atom stereocenters. The van der Waals surface area contributed by atoms with Crippen LogP contribution in [0.5, 0.6) is 0 Å². The lowest BCUT2D eigenvalue weighted by Crippen LogP contribution is -2.49. The highest BCUT2D eigenvalue weighted by Crippen LogP contribution is 2.51. The predicted molar refractivity (Wildman–Crippen MR) is 173 cm³/mol. The number of benzene rings is 5. The third-order valence-electron chi connectivity index (χ3n) is 9.44. The van der Waals surface area contributed by atoms with E-state index in [9.17, 15) is 5.11 Å². The minimum Gasteiger partial charge on any atom is -0.427 e. The zero-order valence-electron chi connectivity index (χ0n) is 24.6. The number of fused-ring (bicyclic) bond motifs is 6. The molecule has 1 aliphatic rings. The average molecular weight is 537 g/mol. The van der Waals surface area contributed by atoms with Crippen LogP contribution in [0.15, 0.2) is 97.1 Å². The number of rotatable bonds is 5. The van der Waals surface area contributed by atoms with Crippen LogP contribution in [0.3, 0.4) is 0 Å². The summed E-state index contributed by atoms with van der Waals surface area (Å²) in [5, 5.41) is 15.7. The second-order valence-electron chi connectivity index (χ2n) is 13.0. The fraction of sp³-hybridized carbons (Fsp3) is 0.243. The Morgan fingerprint density at radius 2 is 1.44 bits per heavy atom. The molecule has 41 heavy (non-hydrogen) atoms. The summed E-state index contributed by atoms with van der Waals surface area (Å²) in [5.41, 5.74) is 7.76. The van der Waals surface area contributed by atoms with Crippen molar-refractivity contribution in [2.75, 3.05) is 0 Å². The van der Waals surface area contributed by atoms with Gasteiger partial charge in [-0.15, -0.1) is 0 Å². The number of para-hydroxylation sites is 1. The van der Waals surface area contributed by atoms with E-state index in [0.717, 1.165) is 5.46 Å². The number of hydrogen-bond donors (Lipinski definition) is 1. The van der Waals surface area contributed by atoms with Crippen LogP contribution >= 0.6 is 0 Å². The van der Waals surface area contributed by atoms with Crippen LogP contribution in [0.25, 0.3) is 49.4 Å². The maximum atomic E-state index is 10.6. The Hall–Kier alpha value is -3.86. The minimum atomic E-state index is -0.987. The van der Waals surface area contributed by atoms with Crippen molar-refractivity contribution in [1.29, 1.82) is 0 Å².